The molecule has 0 aromatic heterocycles. The fraction of sp³-hybridized carbons (Fsp3) is 0.500. The van der Waals surface area contributed by atoms with E-state index in [0.29, 0.717) is 30.2 Å². The Morgan fingerprint density at radius 2 is 1.90 bits per heavy atom. The molecule has 0 unspecified atom stereocenters. The van der Waals surface area contributed by atoms with Gasteiger partial charge < -0.3 is 20.1 Å². The van der Waals surface area contributed by atoms with Crippen LogP contribution in [0.4, 0.5) is 0 Å². The molecule has 1 heterocycles. The Kier molecular flexibility index (Phi) is 5.65. The van der Waals surface area contributed by atoms with Crippen LogP contribution in [0.5, 0.6) is 11.5 Å². The average molecular weight is 301 g/mol. The molecule has 1 aromatic rings. The van der Waals surface area contributed by atoms with Gasteiger partial charge in [-0.25, -0.2) is 0 Å². The van der Waals surface area contributed by atoms with Crippen molar-refractivity contribution in [2.24, 2.45) is 5.73 Å². The van der Waals surface area contributed by atoms with Gasteiger partial charge >= 0.3 is 0 Å². The molecule has 6 heteroatoms. The van der Waals surface area contributed by atoms with Crippen molar-refractivity contribution in [3.05, 3.63) is 23.3 Å². The number of carbonyl (C=O) groups excluding carboxylic acids is 1. The maximum atomic E-state index is 12.5. The molecule has 1 aromatic carbocycles. The number of benzene rings is 1. The molecule has 1 amide bonds. The highest BCUT2D eigenvalue weighted by atomic mass is 35.5. The van der Waals surface area contributed by atoms with Crippen LogP contribution in [0.1, 0.15) is 22.3 Å². The predicted octanol–water partition coefficient (Wildman–Crippen LogP) is 1.61. The Morgan fingerprint density at radius 3 is 2.40 bits per heavy atom. The van der Waals surface area contributed by atoms with E-state index in [2.05, 4.69) is 0 Å². The largest absolute Gasteiger partial charge is 0.493 e. The van der Waals surface area contributed by atoms with Gasteiger partial charge in [-0.2, -0.15) is 0 Å². The molecule has 1 saturated heterocycles. The Balaban J connectivity index is 0.00000200. The quantitative estimate of drug-likeness (QED) is 0.921. The Bertz CT molecular complexity index is 494. The van der Waals surface area contributed by atoms with Gasteiger partial charge in [0.05, 0.1) is 14.2 Å². The molecule has 0 radical (unpaired) electrons. The Labute approximate surface area is 125 Å². The zero-order chi connectivity index (χ0) is 14.0. The summed E-state index contributed by atoms with van der Waals surface area (Å²) in [6.07, 6.45) is 0.859. The molecule has 5 nitrogen and oxygen atoms in total. The van der Waals surface area contributed by atoms with Gasteiger partial charge in [0, 0.05) is 24.7 Å². The van der Waals surface area contributed by atoms with Crippen molar-refractivity contribution in [2.75, 3.05) is 27.3 Å². The first-order valence-corrected chi connectivity index (χ1v) is 6.34. The molecule has 0 spiro atoms. The highest BCUT2D eigenvalue weighted by molar-refractivity contribution is 5.96. The first-order chi connectivity index (χ1) is 9.06. The molecule has 2 rings (SSSR count). The van der Waals surface area contributed by atoms with Crippen molar-refractivity contribution in [1.29, 1.82) is 0 Å². The van der Waals surface area contributed by atoms with Crippen molar-refractivity contribution in [2.45, 2.75) is 19.4 Å². The first kappa shape index (κ1) is 16.6. The number of carbonyl (C=O) groups is 1. The van der Waals surface area contributed by atoms with E-state index in [1.807, 2.05) is 13.0 Å². The van der Waals surface area contributed by atoms with E-state index in [1.165, 1.54) is 0 Å². The van der Waals surface area contributed by atoms with E-state index >= 15 is 0 Å². The van der Waals surface area contributed by atoms with Crippen LogP contribution in [0.2, 0.25) is 0 Å². The maximum Gasteiger partial charge on any atom is 0.254 e. The van der Waals surface area contributed by atoms with E-state index in [1.54, 1.807) is 25.2 Å². The van der Waals surface area contributed by atoms with Crippen LogP contribution < -0.4 is 15.2 Å². The molecular weight excluding hydrogens is 280 g/mol. The summed E-state index contributed by atoms with van der Waals surface area (Å²) in [6, 6.07) is 3.65. The van der Waals surface area contributed by atoms with Crippen molar-refractivity contribution in [3.8, 4) is 11.5 Å². The molecule has 1 aliphatic heterocycles. The summed E-state index contributed by atoms with van der Waals surface area (Å²) in [5.41, 5.74) is 7.37. The van der Waals surface area contributed by atoms with E-state index in [9.17, 15) is 4.79 Å². The molecule has 1 fully saturated rings. The monoisotopic (exact) mass is 300 g/mol. The molecule has 0 bridgehead atoms. The summed E-state index contributed by atoms with van der Waals surface area (Å²) in [6.45, 7) is 3.23. The van der Waals surface area contributed by atoms with Crippen molar-refractivity contribution in [1.82, 2.24) is 4.90 Å². The molecule has 112 valence electrons. The van der Waals surface area contributed by atoms with E-state index in [4.69, 9.17) is 15.2 Å². The molecule has 20 heavy (non-hydrogen) atoms. The van der Waals surface area contributed by atoms with E-state index in [0.717, 1.165) is 12.0 Å². The number of nitrogens with two attached hydrogens (primary N) is 1. The second-order valence-electron chi connectivity index (χ2n) is 4.82. The summed E-state index contributed by atoms with van der Waals surface area (Å²) >= 11 is 0. The SMILES string of the molecule is COc1cc(C)c(C(=O)N2CC[C@H](N)C2)cc1OC.Cl. The van der Waals surface area contributed by atoms with Crippen LogP contribution in [0.3, 0.4) is 0 Å². The second-order valence-corrected chi connectivity index (χ2v) is 4.82. The molecule has 2 N–H and O–H groups in total. The summed E-state index contributed by atoms with van der Waals surface area (Å²) in [5.74, 6) is 1.21. The fourth-order valence-electron chi connectivity index (χ4n) is 2.35. The first-order valence-electron chi connectivity index (χ1n) is 6.34. The van der Waals surface area contributed by atoms with Crippen molar-refractivity contribution < 1.29 is 14.3 Å². The van der Waals surface area contributed by atoms with Gasteiger partial charge in [-0.05, 0) is 31.0 Å². The number of ether oxygens (including phenoxy) is 2. The standard InChI is InChI=1S/C14H20N2O3.ClH/c1-9-6-12(18-2)13(19-3)7-11(9)14(17)16-5-4-10(15)8-16;/h6-7,10H,4-5,8,15H2,1-3H3;1H/t10-;/m0./s1. The molecular formula is C14H21ClN2O3. The molecule has 0 aliphatic carbocycles. The summed E-state index contributed by atoms with van der Waals surface area (Å²) < 4.78 is 10.5. The highest BCUT2D eigenvalue weighted by Gasteiger charge is 2.26. The number of rotatable bonds is 3. The fourth-order valence-corrected chi connectivity index (χ4v) is 2.35. The lowest BCUT2D eigenvalue weighted by molar-refractivity contribution is 0.0789. The normalized spacial score (nSPS) is 17.6. The smallest absolute Gasteiger partial charge is 0.254 e. The number of likely N-dealkylation sites (tertiary alicyclic amines) is 1. The van der Waals surface area contributed by atoms with Crippen LogP contribution in [0.25, 0.3) is 0 Å². The molecule has 1 aliphatic rings. The lowest BCUT2D eigenvalue weighted by atomic mass is 10.1. The number of methoxy groups -OCH3 is 2. The van der Waals surface area contributed by atoms with Crippen LogP contribution in [0, 0.1) is 6.92 Å². The summed E-state index contributed by atoms with van der Waals surface area (Å²) in [7, 11) is 3.14. The maximum absolute atomic E-state index is 12.5. The lowest BCUT2D eigenvalue weighted by Crippen LogP contribution is -2.32. The number of hydrogen-bond donors (Lipinski definition) is 1. The third-order valence-electron chi connectivity index (χ3n) is 3.47. The Hall–Kier alpha value is -1.46. The van der Waals surface area contributed by atoms with E-state index < -0.39 is 0 Å². The third kappa shape index (κ3) is 3.16. The minimum atomic E-state index is 0. The van der Waals surface area contributed by atoms with Gasteiger partial charge in [-0.3, -0.25) is 4.79 Å². The molecule has 1 atom stereocenters. The van der Waals surface area contributed by atoms with Gasteiger partial charge in [-0.1, -0.05) is 0 Å². The zero-order valence-electron chi connectivity index (χ0n) is 12.0. The van der Waals surface area contributed by atoms with Gasteiger partial charge in [0.25, 0.3) is 5.91 Å². The van der Waals surface area contributed by atoms with Crippen LogP contribution in [0.15, 0.2) is 12.1 Å². The van der Waals surface area contributed by atoms with Crippen LogP contribution in [-0.2, 0) is 0 Å². The summed E-state index contributed by atoms with van der Waals surface area (Å²) in [5, 5.41) is 0. The number of nitrogens with zero attached hydrogens (tertiary/aromatic N) is 1. The van der Waals surface area contributed by atoms with Gasteiger partial charge in [0.1, 0.15) is 0 Å². The van der Waals surface area contributed by atoms with Gasteiger partial charge in [-0.15, -0.1) is 12.4 Å². The van der Waals surface area contributed by atoms with Gasteiger partial charge in [0.15, 0.2) is 11.5 Å². The number of hydrogen-bond acceptors (Lipinski definition) is 4. The van der Waals surface area contributed by atoms with E-state index in [-0.39, 0.29) is 24.4 Å². The van der Waals surface area contributed by atoms with Gasteiger partial charge in [0.2, 0.25) is 0 Å². The van der Waals surface area contributed by atoms with Crippen LogP contribution in [-0.4, -0.2) is 44.2 Å². The lowest BCUT2D eigenvalue weighted by Gasteiger charge is -2.18. The number of amides is 1. The Morgan fingerprint density at radius 1 is 1.30 bits per heavy atom. The minimum Gasteiger partial charge on any atom is -0.493 e. The predicted molar refractivity (Wildman–Crippen MR) is 80.0 cm³/mol. The molecule has 0 saturated carbocycles. The minimum absolute atomic E-state index is 0. The van der Waals surface area contributed by atoms with Crippen molar-refractivity contribution >= 4 is 18.3 Å². The van der Waals surface area contributed by atoms with Crippen LogP contribution >= 0.6 is 12.4 Å². The number of aryl methyl sites for hydroxylation is 1. The zero-order valence-corrected chi connectivity index (χ0v) is 12.8. The second kappa shape index (κ2) is 6.81. The summed E-state index contributed by atoms with van der Waals surface area (Å²) in [4.78, 5) is 14.2. The number of halogens is 1. The van der Waals surface area contributed by atoms with Crippen molar-refractivity contribution in [3.63, 3.8) is 0 Å². The average Bonchev–Trinajstić information content (AvgIpc) is 2.84. The highest BCUT2D eigenvalue weighted by Crippen LogP contribution is 2.31. The third-order valence-corrected chi connectivity index (χ3v) is 3.47. The topological polar surface area (TPSA) is 64.8 Å².